The number of benzene rings is 8. The molecule has 0 unspecified atom stereocenters. The van der Waals surface area contributed by atoms with Crippen LogP contribution in [0.3, 0.4) is 0 Å². The average molecular weight is 2080 g/mol. The van der Waals surface area contributed by atoms with Crippen LogP contribution >= 0.6 is 0 Å². The van der Waals surface area contributed by atoms with Gasteiger partial charge >= 0.3 is 48.3 Å². The quantitative estimate of drug-likeness (QED) is 0.0151. The minimum absolute atomic E-state index is 0.0409. The second-order valence-electron chi connectivity index (χ2n) is 34.2. The largest absolute Gasteiger partial charge is 0.467 e. The molecule has 14 aromatic rings. The van der Waals surface area contributed by atoms with Gasteiger partial charge in [-0.3, -0.25) is 48.3 Å². The van der Waals surface area contributed by atoms with Crippen molar-refractivity contribution in [2.75, 3.05) is 56.3 Å². The normalized spacial score (nSPS) is 13.0. The van der Waals surface area contributed by atoms with Gasteiger partial charge in [-0.2, -0.15) is 52.7 Å². The number of nitrogens with one attached hydrogen (secondary N) is 6. The summed E-state index contributed by atoms with van der Waals surface area (Å²) in [6.45, 7) is 6.74. The maximum absolute atomic E-state index is 15.0. The zero-order chi connectivity index (χ0) is 109. The number of carbonyl (C=O) groups excluding carboxylic acids is 6. The Morgan fingerprint density at radius 1 is 0.399 bits per heavy atom. The van der Waals surface area contributed by atoms with Crippen molar-refractivity contribution in [2.45, 2.75) is 134 Å². The fraction of sp³-hybridized carbons (Fsp3) is 0.284. The lowest BCUT2D eigenvalue weighted by atomic mass is 9.92. The molecule has 0 radical (unpaired) electrons. The van der Waals surface area contributed by atoms with E-state index in [1.54, 1.807) is 68.6 Å². The number of aryl methyl sites for hydroxylation is 4. The van der Waals surface area contributed by atoms with Gasteiger partial charge in [0.2, 0.25) is 0 Å². The molecule has 0 fully saturated rings. The van der Waals surface area contributed by atoms with E-state index in [1.165, 1.54) is 124 Å². The molecule has 6 N–H and O–H groups in total. The molecule has 0 aliphatic carbocycles. The molecule has 0 aliphatic heterocycles. The third kappa shape index (κ3) is 23.6. The molecule has 3 amide bonds. The minimum Gasteiger partial charge on any atom is -0.467 e. The number of anilines is 4. The highest BCUT2D eigenvalue weighted by atomic mass is 19.4. The van der Waals surface area contributed by atoms with E-state index in [9.17, 15) is 114 Å². The van der Waals surface area contributed by atoms with Crippen LogP contribution in [0.1, 0.15) is 105 Å². The van der Waals surface area contributed by atoms with Crippen LogP contribution in [0.2, 0.25) is 0 Å². The van der Waals surface area contributed by atoms with Crippen LogP contribution in [0.15, 0.2) is 189 Å². The van der Waals surface area contributed by atoms with Crippen LogP contribution in [-0.2, 0) is 75.2 Å². The molecule has 148 heavy (non-hydrogen) atoms. The first-order valence-corrected chi connectivity index (χ1v) is 44.8. The summed E-state index contributed by atoms with van der Waals surface area (Å²) in [4.78, 5) is 147. The lowest BCUT2D eigenvalue weighted by Gasteiger charge is -2.22. The van der Waals surface area contributed by atoms with Gasteiger partial charge in [0.15, 0.2) is 0 Å². The molecule has 6 aromatic heterocycles. The summed E-state index contributed by atoms with van der Waals surface area (Å²) in [5.74, 6) is -16.5. The number of hydrogen-bond acceptors (Lipinski definition) is 20. The van der Waals surface area contributed by atoms with Crippen molar-refractivity contribution in [1.29, 1.82) is 0 Å². The summed E-state index contributed by atoms with van der Waals surface area (Å²) in [5.41, 5.74) is -4.89. The van der Waals surface area contributed by atoms with Crippen LogP contribution < -0.4 is 59.2 Å². The van der Waals surface area contributed by atoms with Gasteiger partial charge in [0.1, 0.15) is 93.7 Å². The first-order valence-electron chi connectivity index (χ1n) is 44.8. The third-order valence-electron chi connectivity index (χ3n) is 24.6. The topological polar surface area (TPSA) is 332 Å². The Kier molecular flexibility index (Phi) is 33.5. The highest BCUT2D eigenvalue weighted by molar-refractivity contribution is 6.03. The van der Waals surface area contributed by atoms with Crippen LogP contribution in [0.5, 0.6) is 0 Å². The number of ether oxygens (including phenoxy) is 3. The maximum atomic E-state index is 15.0. The minimum atomic E-state index is -4.90. The van der Waals surface area contributed by atoms with E-state index in [4.69, 9.17) is 14.2 Å². The Bertz CT molecular complexity index is 7750. The summed E-state index contributed by atoms with van der Waals surface area (Å²) in [6, 6.07) is 20.5. The number of esters is 3. The molecule has 0 spiro atoms. The Hall–Kier alpha value is -16.2. The van der Waals surface area contributed by atoms with Crippen molar-refractivity contribution in [3.63, 3.8) is 0 Å². The van der Waals surface area contributed by atoms with Gasteiger partial charge in [-0.1, -0.05) is 69.3 Å². The Balaban J connectivity index is 0.000000197. The van der Waals surface area contributed by atoms with E-state index < -0.39 is 225 Å². The van der Waals surface area contributed by atoms with Crippen molar-refractivity contribution in [3.8, 4) is 27.9 Å². The van der Waals surface area contributed by atoms with E-state index in [0.717, 1.165) is 42.2 Å². The summed E-state index contributed by atoms with van der Waals surface area (Å²) in [5, 5.41) is 14.5. The van der Waals surface area contributed by atoms with Crippen molar-refractivity contribution < 1.29 is 126 Å². The molecule has 6 heterocycles. The Morgan fingerprint density at radius 3 is 1.11 bits per heavy atom. The zero-order valence-electron chi connectivity index (χ0n) is 80.4. The molecule has 46 heteroatoms. The lowest BCUT2D eigenvalue weighted by molar-refractivity contribution is -0.143. The number of hydrogen-bond donors (Lipinski definition) is 6. The van der Waals surface area contributed by atoms with Gasteiger partial charge in [-0.05, 0) is 158 Å². The van der Waals surface area contributed by atoms with Gasteiger partial charge in [0.05, 0.1) is 76.7 Å². The molecule has 8 aromatic carbocycles. The number of halogens is 19. The van der Waals surface area contributed by atoms with Crippen LogP contribution in [0, 0.1) is 54.6 Å². The lowest BCUT2D eigenvalue weighted by Crippen LogP contribution is -2.43. The number of rotatable bonds is 28. The van der Waals surface area contributed by atoms with Crippen molar-refractivity contribution >= 4 is 113 Å². The number of carbonyl (C=O) groups is 6. The molecule has 14 rings (SSSR count). The SMILES string of the molecule is CC[C@@H](Nc1cc(F)c(C(=O)N[C@@H](Cc2ccc(-c3c(C(F)(F)F)cc(C)n(C)c3=O)c3ncccc23)C(=O)OC)c(F)c1)C(F)(F)F.CC[C@@H](Nc1cc(F)c(C(=O)N[C@@H](Cc2ccc(-c3c(C)c4cc(F)ccc4n(C)c3=O)c3ncccc23)C(=O)OC)c(F)c1)C(F)(F)F.CC[C@@H](Nc1cc(F)c(C(=O)N[C@@H](Cc2ccc(-n3c(=O)c4cc(N(C)C)ccc4n(C)c3=O)c3ncccc23)C(=O)OC)c(F)c1)C(F)(F)F. The van der Waals surface area contributed by atoms with Gasteiger partial charge in [0.25, 0.3) is 34.4 Å². The number of alkyl halides is 12. The number of fused-ring (bicyclic) bond motifs is 5. The van der Waals surface area contributed by atoms with Crippen LogP contribution in [0.4, 0.5) is 106 Å². The second-order valence-corrected chi connectivity index (χ2v) is 34.2. The molecule has 6 atom stereocenters. The molecular formula is C102H91F19N14O13. The smallest absolute Gasteiger partial charge is 0.417 e. The van der Waals surface area contributed by atoms with E-state index in [2.05, 4.69) is 30.9 Å². The van der Waals surface area contributed by atoms with E-state index >= 15 is 17.6 Å². The summed E-state index contributed by atoms with van der Waals surface area (Å²) < 4.78 is 284. The first kappa shape index (κ1) is 111. The number of aromatic nitrogens is 7. The predicted molar refractivity (Wildman–Crippen MR) is 512 cm³/mol. The van der Waals surface area contributed by atoms with Gasteiger partial charge in [0, 0.05) is 134 Å². The first-order chi connectivity index (χ1) is 69.6. The summed E-state index contributed by atoms with van der Waals surface area (Å²) in [6.07, 6.45) is -17.0. The highest BCUT2D eigenvalue weighted by Crippen LogP contribution is 2.42. The average Bonchev–Trinajstić information content (AvgIpc) is 0.707. The van der Waals surface area contributed by atoms with E-state index in [0.29, 0.717) is 91.4 Å². The number of amides is 3. The number of nitrogens with zero attached hydrogens (tertiary/aromatic N) is 8. The van der Waals surface area contributed by atoms with Crippen LogP contribution in [-0.4, -0.2) is 159 Å². The molecule has 0 bridgehead atoms. The summed E-state index contributed by atoms with van der Waals surface area (Å²) in [7, 11) is 11.1. The molecule has 27 nitrogen and oxygen atoms in total. The van der Waals surface area contributed by atoms with Crippen molar-refractivity contribution in [1.82, 2.24) is 49.2 Å². The molecule has 0 aliphatic rings. The van der Waals surface area contributed by atoms with E-state index in [-0.39, 0.29) is 68.3 Å². The fourth-order valence-corrected chi connectivity index (χ4v) is 16.9. The number of pyridine rings is 5. The molecule has 0 saturated heterocycles. The molecule has 780 valence electrons. The third-order valence-corrected chi connectivity index (χ3v) is 24.6. The summed E-state index contributed by atoms with van der Waals surface area (Å²) >= 11 is 0. The Morgan fingerprint density at radius 2 is 0.750 bits per heavy atom. The number of methoxy groups -OCH3 is 3. The van der Waals surface area contributed by atoms with Gasteiger partial charge in [-0.15, -0.1) is 0 Å². The highest BCUT2D eigenvalue weighted by Gasteiger charge is 2.43. The van der Waals surface area contributed by atoms with Gasteiger partial charge < -0.3 is 60.1 Å². The monoisotopic (exact) mass is 2080 g/mol. The predicted octanol–water partition coefficient (Wildman–Crippen LogP) is 18.1. The van der Waals surface area contributed by atoms with Crippen LogP contribution in [0.25, 0.3) is 82.5 Å². The second kappa shape index (κ2) is 44.8. The Labute approximate surface area is 827 Å². The maximum Gasteiger partial charge on any atom is 0.417 e. The standard InChI is InChI=1S/C35H30F6N4O4.C35H33F5N6O5.C32H28F8N4O4/c1-5-28(35(39,40)41)43-20-15-24(37)30(25(38)16-20)32(46)44-26(34(48)49-4)13-18-8-10-22(31-21(18)7-6-12-42-31)29-17(2)23-14-19(36)9-11-27(23)45(3)33(29)47;1-6-28(35(38,39)40)42-19-15-23(36)29(24(37)16-19)31(47)43-25(33(49)51-5)14-18-9-11-27(30-21(18)8-7-13-41-30)46-32(48)22-17-20(44(2)3)10-12-26(22)45(4)34(46)50;1-5-24(32(38,39)40)42-17-13-21(33)26(22(34)14-17)28(45)43-23(30(47)48-4)12-16-8-9-19(27-18(16)7-6-10-41-27)25-20(31(35,36)37)11-15(2)44(3)29(25)46/h6-12,14-16,26,28,43H,5,13H2,1-4H3,(H,44,46);7-13,15-17,25,28,42H,6,14H2,1-5H3,(H,43,47);6-11,13-14,23-24,42H,5,12H2,1-4H3,(H,43,45)/t26-,28+;25-,28+;23-,24+/m000/s1. The zero-order valence-corrected chi connectivity index (χ0v) is 80.4. The van der Waals surface area contributed by atoms with Crippen molar-refractivity contribution in [3.05, 3.63) is 303 Å². The van der Waals surface area contributed by atoms with E-state index in [1.807, 2.05) is 34.9 Å². The molecular weight excluding hydrogens is 1990 g/mol. The molecule has 0 saturated carbocycles. The fourth-order valence-electron chi connectivity index (χ4n) is 16.9. The van der Waals surface area contributed by atoms with Crippen molar-refractivity contribution in [2.24, 2.45) is 21.1 Å². The van der Waals surface area contributed by atoms with Gasteiger partial charge in [-0.25, -0.2) is 54.5 Å².